The first-order chi connectivity index (χ1) is 19.3. The number of benzene rings is 1. The van der Waals surface area contributed by atoms with E-state index in [0.717, 1.165) is 0 Å². The van der Waals surface area contributed by atoms with E-state index in [4.69, 9.17) is 24.3 Å². The van der Waals surface area contributed by atoms with E-state index < -0.39 is 50.3 Å². The number of hydrogen-bond acceptors (Lipinski definition) is 11. The standard InChI is InChI=1S/C27H34N5O8P/c1-17(25(35)37-16-26(2,3)4)31-41(36,40-18-8-6-5-7-9-18)38-14-21-23(33)24(34)27(15-28,39-21)22-11-10-20-19(29)12-13-30-32(20)22/h5-13,17,21,23-24,33-34H,14,16,29H2,1-4H3,(H,31,36)/t17-,21+,23+,24+,27-,41-/m0/s1. The summed E-state index contributed by atoms with van der Waals surface area (Å²) >= 11 is 0. The van der Waals surface area contributed by atoms with Crippen LogP contribution in [0, 0.1) is 16.7 Å². The van der Waals surface area contributed by atoms with Crippen LogP contribution in [-0.4, -0.2) is 63.4 Å². The van der Waals surface area contributed by atoms with E-state index in [1.165, 1.54) is 23.7 Å². The summed E-state index contributed by atoms with van der Waals surface area (Å²) in [4.78, 5) is 12.6. The van der Waals surface area contributed by atoms with Crippen molar-refractivity contribution in [2.24, 2.45) is 5.41 Å². The molecule has 14 heteroatoms. The molecular formula is C27H34N5O8P. The zero-order valence-electron chi connectivity index (χ0n) is 23.1. The van der Waals surface area contributed by atoms with Gasteiger partial charge < -0.3 is 29.9 Å². The van der Waals surface area contributed by atoms with Crippen LogP contribution >= 0.6 is 7.75 Å². The van der Waals surface area contributed by atoms with E-state index in [9.17, 15) is 24.8 Å². The molecule has 2 aromatic heterocycles. The molecule has 0 bridgehead atoms. The molecule has 220 valence electrons. The molecule has 3 aromatic rings. The van der Waals surface area contributed by atoms with Crippen molar-refractivity contribution in [3.63, 3.8) is 0 Å². The van der Waals surface area contributed by atoms with Crippen molar-refractivity contribution in [1.82, 2.24) is 14.7 Å². The van der Waals surface area contributed by atoms with Crippen LogP contribution in [0.1, 0.15) is 33.4 Å². The SMILES string of the molecule is C[C@H](N[P@](=O)(OC[C@H]1O[C@@](C#N)(c2ccc3c(N)ccnn23)[C@H](O)[C@@H]1O)Oc1ccccc1)C(=O)OCC(C)(C)C. The van der Waals surface area contributed by atoms with Gasteiger partial charge >= 0.3 is 13.7 Å². The van der Waals surface area contributed by atoms with Gasteiger partial charge in [0.1, 0.15) is 36.2 Å². The Kier molecular flexibility index (Phi) is 8.75. The van der Waals surface area contributed by atoms with Crippen molar-refractivity contribution < 1.29 is 38.1 Å². The van der Waals surface area contributed by atoms with E-state index >= 15 is 0 Å². The van der Waals surface area contributed by atoms with E-state index in [1.807, 2.05) is 26.8 Å². The summed E-state index contributed by atoms with van der Waals surface area (Å²) in [6.07, 6.45) is -3.25. The van der Waals surface area contributed by atoms with Crippen LogP contribution in [0.2, 0.25) is 0 Å². The Labute approximate surface area is 237 Å². The summed E-state index contributed by atoms with van der Waals surface area (Å²) in [6.45, 7) is 6.69. The van der Waals surface area contributed by atoms with Gasteiger partial charge in [-0.25, -0.2) is 9.08 Å². The molecule has 1 fully saturated rings. The second-order valence-corrected chi connectivity index (χ2v) is 12.7. The monoisotopic (exact) mass is 587 g/mol. The molecule has 1 aliphatic heterocycles. The second kappa shape index (κ2) is 11.8. The van der Waals surface area contributed by atoms with E-state index in [1.54, 1.807) is 42.5 Å². The van der Waals surface area contributed by atoms with Gasteiger partial charge in [-0.3, -0.25) is 9.32 Å². The van der Waals surface area contributed by atoms with Gasteiger partial charge in [0.2, 0.25) is 5.60 Å². The molecule has 0 amide bonds. The molecule has 5 N–H and O–H groups in total. The highest BCUT2D eigenvalue weighted by Gasteiger charge is 2.58. The molecule has 1 aliphatic rings. The fourth-order valence-electron chi connectivity index (χ4n) is 4.22. The van der Waals surface area contributed by atoms with Crippen LogP contribution in [0.3, 0.4) is 0 Å². The molecule has 6 atom stereocenters. The number of para-hydroxylation sites is 1. The molecule has 1 aromatic carbocycles. The van der Waals surface area contributed by atoms with Crippen molar-refractivity contribution in [3.8, 4) is 11.8 Å². The van der Waals surface area contributed by atoms with Gasteiger partial charge in [-0.15, -0.1) is 0 Å². The number of nitrogen functional groups attached to an aromatic ring is 1. The lowest BCUT2D eigenvalue weighted by Gasteiger charge is -2.26. The molecule has 3 heterocycles. The maximum Gasteiger partial charge on any atom is 0.459 e. The molecule has 0 spiro atoms. The first kappa shape index (κ1) is 30.5. The molecule has 41 heavy (non-hydrogen) atoms. The van der Waals surface area contributed by atoms with Crippen molar-refractivity contribution >= 4 is 24.9 Å². The number of aliphatic hydroxyl groups is 2. The average Bonchev–Trinajstić information content (AvgIpc) is 3.47. The van der Waals surface area contributed by atoms with Crippen molar-refractivity contribution in [3.05, 3.63) is 60.4 Å². The normalized spacial score (nSPS) is 24.9. The number of aliphatic hydroxyl groups excluding tert-OH is 2. The lowest BCUT2D eigenvalue weighted by Crippen LogP contribution is -2.41. The Morgan fingerprint density at radius 3 is 2.63 bits per heavy atom. The number of carbonyl (C=O) groups is 1. The third kappa shape index (κ3) is 6.54. The van der Waals surface area contributed by atoms with Crippen LogP contribution in [0.4, 0.5) is 5.69 Å². The second-order valence-electron chi connectivity index (χ2n) is 11.0. The summed E-state index contributed by atoms with van der Waals surface area (Å²) in [6, 6.07) is 13.7. The predicted molar refractivity (Wildman–Crippen MR) is 147 cm³/mol. The lowest BCUT2D eigenvalue weighted by molar-refractivity contribution is -0.148. The van der Waals surface area contributed by atoms with Gasteiger partial charge in [0.15, 0.2) is 0 Å². The fraction of sp³-hybridized carbons (Fsp3) is 0.444. The zero-order chi connectivity index (χ0) is 30.0. The average molecular weight is 588 g/mol. The largest absolute Gasteiger partial charge is 0.464 e. The molecule has 0 saturated carbocycles. The van der Waals surface area contributed by atoms with Crippen LogP contribution in [0.15, 0.2) is 54.7 Å². The highest BCUT2D eigenvalue weighted by atomic mass is 31.2. The lowest BCUT2D eigenvalue weighted by atomic mass is 9.92. The van der Waals surface area contributed by atoms with E-state index in [0.29, 0.717) is 11.2 Å². The number of ether oxygens (including phenoxy) is 2. The third-order valence-corrected chi connectivity index (χ3v) is 7.97. The summed E-state index contributed by atoms with van der Waals surface area (Å²) in [7, 11) is -4.31. The summed E-state index contributed by atoms with van der Waals surface area (Å²) < 4.78 is 37.7. The van der Waals surface area contributed by atoms with E-state index in [2.05, 4.69) is 10.2 Å². The minimum Gasteiger partial charge on any atom is -0.464 e. The Morgan fingerprint density at radius 1 is 1.27 bits per heavy atom. The number of nitrogens with two attached hydrogens (primary N) is 1. The van der Waals surface area contributed by atoms with Gasteiger partial charge in [-0.1, -0.05) is 39.0 Å². The number of aromatic nitrogens is 2. The van der Waals surface area contributed by atoms with Crippen molar-refractivity contribution in [2.45, 2.75) is 57.6 Å². The molecular weight excluding hydrogens is 553 g/mol. The minimum atomic E-state index is -4.31. The number of hydrogen-bond donors (Lipinski definition) is 4. The number of carbonyl (C=O) groups excluding carboxylic acids is 1. The van der Waals surface area contributed by atoms with Gasteiger partial charge in [0.25, 0.3) is 0 Å². The summed E-state index contributed by atoms with van der Waals surface area (Å²) in [5, 5.41) is 38.7. The molecule has 4 rings (SSSR count). The molecule has 0 unspecified atom stereocenters. The third-order valence-electron chi connectivity index (χ3n) is 6.32. The highest BCUT2D eigenvalue weighted by molar-refractivity contribution is 7.52. The predicted octanol–water partition coefficient (Wildman–Crippen LogP) is 2.53. The highest BCUT2D eigenvalue weighted by Crippen LogP contribution is 2.47. The summed E-state index contributed by atoms with van der Waals surface area (Å²) in [5.41, 5.74) is 4.65. The number of fused-ring (bicyclic) bond motifs is 1. The molecule has 0 radical (unpaired) electrons. The zero-order valence-corrected chi connectivity index (χ0v) is 24.0. The number of nitrogens with zero attached hydrogens (tertiary/aromatic N) is 3. The Morgan fingerprint density at radius 2 is 1.98 bits per heavy atom. The molecule has 0 aliphatic carbocycles. The van der Waals surface area contributed by atoms with Crippen molar-refractivity contribution in [1.29, 1.82) is 5.26 Å². The summed E-state index contributed by atoms with van der Waals surface area (Å²) in [5.74, 6) is -0.496. The molecule has 13 nitrogen and oxygen atoms in total. The number of nitriles is 1. The number of rotatable bonds is 10. The van der Waals surface area contributed by atoms with Crippen molar-refractivity contribution in [2.75, 3.05) is 18.9 Å². The van der Waals surface area contributed by atoms with Gasteiger partial charge in [0.05, 0.1) is 30.1 Å². The first-order valence-electron chi connectivity index (χ1n) is 12.9. The number of esters is 1. The van der Waals surface area contributed by atoms with Gasteiger partial charge in [-0.05, 0) is 42.7 Å². The molecule has 1 saturated heterocycles. The Balaban J connectivity index is 1.55. The minimum absolute atomic E-state index is 0.133. The van der Waals surface area contributed by atoms with E-state index in [-0.39, 0.29) is 23.5 Å². The van der Waals surface area contributed by atoms with Crippen LogP contribution in [-0.2, 0) is 29.0 Å². The topological polar surface area (TPSA) is 191 Å². The smallest absolute Gasteiger partial charge is 0.459 e. The Bertz CT molecular complexity index is 1470. The number of anilines is 1. The van der Waals surface area contributed by atoms with Gasteiger partial charge in [0, 0.05) is 6.20 Å². The fourth-order valence-corrected chi connectivity index (χ4v) is 5.72. The Hall–Kier alpha value is -3.50. The quantitative estimate of drug-likeness (QED) is 0.201. The van der Waals surface area contributed by atoms with Gasteiger partial charge in [-0.2, -0.15) is 15.4 Å². The number of nitrogens with one attached hydrogen (secondary N) is 1. The first-order valence-corrected chi connectivity index (χ1v) is 14.4. The van der Waals surface area contributed by atoms with Crippen LogP contribution < -0.4 is 15.3 Å². The van der Waals surface area contributed by atoms with Crippen LogP contribution in [0.25, 0.3) is 5.52 Å². The maximum absolute atomic E-state index is 13.9. The maximum atomic E-state index is 13.9. The van der Waals surface area contributed by atoms with Crippen LogP contribution in [0.5, 0.6) is 5.75 Å².